The lowest BCUT2D eigenvalue weighted by Crippen LogP contribution is -2.28. The van der Waals surface area contributed by atoms with Crippen molar-refractivity contribution in [3.8, 4) is 0 Å². The van der Waals surface area contributed by atoms with Gasteiger partial charge in [-0.15, -0.1) is 6.54 Å². The van der Waals surface area contributed by atoms with E-state index in [0.717, 1.165) is 69.7 Å². The summed E-state index contributed by atoms with van der Waals surface area (Å²) in [7, 11) is -8.89. The third kappa shape index (κ3) is 6.64. The predicted molar refractivity (Wildman–Crippen MR) is 198 cm³/mol. The number of allylic oxidation sites excluding steroid dienone is 8. The van der Waals surface area contributed by atoms with E-state index in [-0.39, 0.29) is 16.7 Å². The number of anilines is 1. The van der Waals surface area contributed by atoms with Gasteiger partial charge in [-0.3, -0.25) is 0 Å². The molecule has 50 heavy (non-hydrogen) atoms. The molecule has 0 amide bonds. The molecule has 264 valence electrons. The van der Waals surface area contributed by atoms with E-state index >= 15 is 0 Å². The van der Waals surface area contributed by atoms with E-state index in [9.17, 15) is 25.9 Å². The molecule has 2 aliphatic heterocycles. The summed E-state index contributed by atoms with van der Waals surface area (Å²) in [5.74, 6) is -0.417. The molecule has 0 N–H and O–H groups in total. The Hall–Kier alpha value is -3.54. The van der Waals surface area contributed by atoms with Crippen LogP contribution in [0.3, 0.4) is 0 Å². The van der Waals surface area contributed by atoms with Gasteiger partial charge in [0, 0.05) is 51.7 Å². The van der Waals surface area contributed by atoms with Crippen molar-refractivity contribution in [1.29, 1.82) is 0 Å². The summed E-state index contributed by atoms with van der Waals surface area (Å²) < 4.78 is 71.3. The Balaban J connectivity index is 1.35. The van der Waals surface area contributed by atoms with Gasteiger partial charge in [0.05, 0.1) is 20.4 Å². The van der Waals surface area contributed by atoms with Crippen LogP contribution in [-0.2, 0) is 31.1 Å². The molecule has 0 unspecified atom stereocenters. The highest BCUT2D eigenvalue weighted by Crippen LogP contribution is 2.51. The van der Waals surface area contributed by atoms with E-state index in [1.165, 1.54) is 12.1 Å². The molecule has 0 bridgehead atoms. The molecule has 3 aliphatic rings. The molecule has 0 fully saturated rings. The van der Waals surface area contributed by atoms with Gasteiger partial charge in [-0.1, -0.05) is 67.9 Å². The maximum Gasteiger partial charge on any atom is 0.209 e. The number of hydrogen-bond donors (Lipinski definition) is 0. The van der Waals surface area contributed by atoms with Crippen molar-refractivity contribution < 1.29 is 30.5 Å². The molecule has 6 rings (SSSR count). The van der Waals surface area contributed by atoms with Crippen LogP contribution in [0.1, 0.15) is 64.5 Å². The second-order valence-electron chi connectivity index (χ2n) is 14.1. The van der Waals surface area contributed by atoms with Gasteiger partial charge >= 0.3 is 0 Å². The van der Waals surface area contributed by atoms with E-state index < -0.39 is 31.4 Å². The number of fused-ring (bicyclic) bond motifs is 4. The molecule has 3 aromatic rings. The molecule has 11 heteroatoms. The SMILES string of the molecule is [CH2-]CN1/C(=C\C=C2/CCCC(/C=C/C3=[N+](CCCS(=O)(=O)[O-])c4ccccc4C3(C)C)=C2Cl)C(C)(C)c2c1ccc1cc(S(=O)(=O)[O-])ccc21. The summed E-state index contributed by atoms with van der Waals surface area (Å²) in [5, 5.41) is 2.27. The topological polar surface area (TPSA) is 121 Å². The summed E-state index contributed by atoms with van der Waals surface area (Å²) in [6.07, 6.45) is 11.1. The number of rotatable bonds is 9. The van der Waals surface area contributed by atoms with E-state index in [1.54, 1.807) is 6.07 Å². The summed E-state index contributed by atoms with van der Waals surface area (Å²) >= 11 is 7.12. The van der Waals surface area contributed by atoms with Crippen molar-refractivity contribution in [3.63, 3.8) is 0 Å². The van der Waals surface area contributed by atoms with Crippen molar-refractivity contribution in [3.05, 3.63) is 119 Å². The van der Waals surface area contributed by atoms with Gasteiger partial charge in [-0.25, -0.2) is 16.8 Å². The molecule has 0 spiro atoms. The van der Waals surface area contributed by atoms with Crippen molar-refractivity contribution in [1.82, 2.24) is 0 Å². The molecular formula is C39H41ClN2O6S2-2. The van der Waals surface area contributed by atoms with Crippen LogP contribution >= 0.6 is 11.6 Å². The Morgan fingerprint density at radius 3 is 2.38 bits per heavy atom. The van der Waals surface area contributed by atoms with Crippen LogP contribution in [-0.4, -0.2) is 55.1 Å². The lowest BCUT2D eigenvalue weighted by atomic mass is 9.80. The smallest absolute Gasteiger partial charge is 0.209 e. The number of halogens is 1. The minimum Gasteiger partial charge on any atom is -0.748 e. The quantitative estimate of drug-likeness (QED) is 0.125. The number of hydrogen-bond acceptors (Lipinski definition) is 7. The van der Waals surface area contributed by atoms with Crippen molar-refractivity contribution in [2.45, 2.75) is 69.1 Å². The number of benzene rings is 3. The Kier molecular flexibility index (Phi) is 9.58. The first-order chi connectivity index (χ1) is 23.4. The molecule has 0 aromatic heterocycles. The highest BCUT2D eigenvalue weighted by Gasteiger charge is 2.44. The van der Waals surface area contributed by atoms with Gasteiger partial charge in [-0.2, -0.15) is 4.58 Å². The Morgan fingerprint density at radius 1 is 0.940 bits per heavy atom. The van der Waals surface area contributed by atoms with Gasteiger partial charge in [0.1, 0.15) is 16.7 Å². The maximum absolute atomic E-state index is 11.7. The predicted octanol–water partition coefficient (Wildman–Crippen LogP) is 7.73. The average molecular weight is 733 g/mol. The van der Waals surface area contributed by atoms with Crippen LogP contribution in [0, 0.1) is 6.92 Å². The maximum atomic E-state index is 11.7. The highest BCUT2D eigenvalue weighted by atomic mass is 35.5. The number of nitrogens with zero attached hydrogens (tertiary/aromatic N) is 2. The summed E-state index contributed by atoms with van der Waals surface area (Å²) in [6.45, 7) is 13.6. The zero-order valence-electron chi connectivity index (χ0n) is 28.7. The zero-order valence-corrected chi connectivity index (χ0v) is 31.1. The molecule has 8 nitrogen and oxygen atoms in total. The van der Waals surface area contributed by atoms with Crippen LogP contribution in [0.25, 0.3) is 10.8 Å². The standard InChI is InChI=1S/C39H43ClN2O6S2/c1-6-41-33-20-15-28-25-29(50(46,47)48)18-19-30(28)36(33)39(4,5)35(41)22-17-27-12-9-11-26(37(27)40)16-21-34-38(2,3)31-13-7-8-14-32(31)42(34)23-10-24-49(43,44)45/h7-8,13-22,25H,1,6,9-12,23-24H2,2-5H3,(H,43,44,45)(H,46,47,48)/p-2. The molecule has 0 saturated carbocycles. The fourth-order valence-electron chi connectivity index (χ4n) is 7.82. The molecule has 0 saturated heterocycles. The molecular weight excluding hydrogens is 692 g/mol. The third-order valence-electron chi connectivity index (χ3n) is 10.2. The van der Waals surface area contributed by atoms with E-state index in [0.29, 0.717) is 23.5 Å². The van der Waals surface area contributed by atoms with E-state index in [1.807, 2.05) is 30.3 Å². The summed E-state index contributed by atoms with van der Waals surface area (Å²) in [4.78, 5) is 1.91. The van der Waals surface area contributed by atoms with Gasteiger partial charge in [0.25, 0.3) is 0 Å². The van der Waals surface area contributed by atoms with Gasteiger partial charge in [-0.05, 0) is 84.9 Å². The summed E-state index contributed by atoms with van der Waals surface area (Å²) in [5.41, 5.74) is 7.47. The van der Waals surface area contributed by atoms with Crippen LogP contribution in [0.2, 0.25) is 0 Å². The van der Waals surface area contributed by atoms with Crippen molar-refractivity contribution in [2.75, 3.05) is 23.7 Å². The molecule has 0 atom stereocenters. The monoisotopic (exact) mass is 732 g/mol. The molecule has 1 aliphatic carbocycles. The highest BCUT2D eigenvalue weighted by molar-refractivity contribution is 7.86. The Labute approximate surface area is 300 Å². The van der Waals surface area contributed by atoms with Crippen LogP contribution < -0.4 is 4.90 Å². The Bertz CT molecular complexity index is 2280. The third-order valence-corrected chi connectivity index (χ3v) is 12.4. The van der Waals surface area contributed by atoms with Gasteiger partial charge in [0.2, 0.25) is 5.69 Å². The lowest BCUT2D eigenvalue weighted by Gasteiger charge is -2.28. The van der Waals surface area contributed by atoms with Gasteiger partial charge in [0.15, 0.2) is 5.71 Å². The number of para-hydroxylation sites is 1. The largest absolute Gasteiger partial charge is 0.748 e. The van der Waals surface area contributed by atoms with Crippen LogP contribution in [0.4, 0.5) is 11.4 Å². The Morgan fingerprint density at radius 2 is 1.68 bits per heavy atom. The molecule has 2 heterocycles. The second-order valence-corrected chi connectivity index (χ2v) is 17.4. The average Bonchev–Trinajstić information content (AvgIpc) is 3.40. The first-order valence-electron chi connectivity index (χ1n) is 16.7. The van der Waals surface area contributed by atoms with Crippen molar-refractivity contribution in [2.24, 2.45) is 0 Å². The molecule has 3 aromatic carbocycles. The molecule has 0 radical (unpaired) electrons. The van der Waals surface area contributed by atoms with Crippen LogP contribution in [0.15, 0.2) is 106 Å². The van der Waals surface area contributed by atoms with E-state index in [2.05, 4.69) is 74.5 Å². The minimum absolute atomic E-state index is 0.224. The van der Waals surface area contributed by atoms with E-state index in [4.69, 9.17) is 11.6 Å². The fourth-order valence-corrected chi connectivity index (χ4v) is 9.12. The van der Waals surface area contributed by atoms with Gasteiger partial charge < -0.3 is 20.9 Å². The zero-order chi connectivity index (χ0) is 36.2. The lowest BCUT2D eigenvalue weighted by molar-refractivity contribution is -0.437. The van der Waals surface area contributed by atoms with Crippen molar-refractivity contribution >= 4 is 59.7 Å². The first-order valence-corrected chi connectivity index (χ1v) is 20.1. The second kappa shape index (κ2) is 13.2. The minimum atomic E-state index is -4.58. The fraction of sp³-hybridized carbons (Fsp3) is 0.333. The first kappa shape index (κ1) is 36.3. The normalized spacial score (nSPS) is 20.5. The van der Waals surface area contributed by atoms with Crippen LogP contribution in [0.5, 0.6) is 0 Å². The summed E-state index contributed by atoms with van der Waals surface area (Å²) in [6, 6.07) is 16.4.